The summed E-state index contributed by atoms with van der Waals surface area (Å²) in [6, 6.07) is 13.1. The minimum Gasteiger partial charge on any atom is -0.388 e. The van der Waals surface area contributed by atoms with E-state index in [0.717, 1.165) is 46.2 Å². The molecule has 0 spiro atoms. The Morgan fingerprint density at radius 2 is 2.11 bits per heavy atom. The molecular formula is C27H27N7O2. The molecule has 4 aromatic heterocycles. The second kappa shape index (κ2) is 8.83. The Bertz CT molecular complexity index is 1570. The Morgan fingerprint density at radius 1 is 1.19 bits per heavy atom. The zero-order valence-corrected chi connectivity index (χ0v) is 20.0. The standard InChI is InChI=1S/C27H27N7O2/c1-17-12-18(8-11-28-17)24-21-13-19(6-7-22(21)32-33-24)26(35)31-20-4-2-9-27(36,14-20)15-34-16-30-25-23(34)5-3-10-29-25/h3,5-8,10-13,16,20,36H,2,4,9,14-15H2,1H3,(H,31,35)(H,32,33)/t20-,27-/m0/s1. The molecule has 1 fully saturated rings. The van der Waals surface area contributed by atoms with Crippen molar-refractivity contribution < 1.29 is 9.90 Å². The predicted octanol–water partition coefficient (Wildman–Crippen LogP) is 3.78. The fourth-order valence-corrected chi connectivity index (χ4v) is 5.29. The third-order valence-corrected chi connectivity index (χ3v) is 7.01. The maximum atomic E-state index is 13.2. The minimum atomic E-state index is -0.930. The molecule has 4 heterocycles. The fourth-order valence-electron chi connectivity index (χ4n) is 5.29. The smallest absolute Gasteiger partial charge is 0.251 e. The monoisotopic (exact) mass is 481 g/mol. The Kier molecular flexibility index (Phi) is 5.49. The van der Waals surface area contributed by atoms with Crippen molar-refractivity contribution in [2.75, 3.05) is 0 Å². The van der Waals surface area contributed by atoms with Crippen molar-refractivity contribution in [3.05, 3.63) is 72.4 Å². The third kappa shape index (κ3) is 4.22. The van der Waals surface area contributed by atoms with Crippen LogP contribution in [0.4, 0.5) is 0 Å². The lowest BCUT2D eigenvalue weighted by atomic mass is 9.81. The highest BCUT2D eigenvalue weighted by molar-refractivity contribution is 6.01. The average Bonchev–Trinajstić information content (AvgIpc) is 3.48. The number of aromatic amines is 1. The number of amides is 1. The van der Waals surface area contributed by atoms with Crippen LogP contribution < -0.4 is 5.32 Å². The molecule has 5 aromatic rings. The van der Waals surface area contributed by atoms with Gasteiger partial charge in [0, 0.05) is 40.6 Å². The Morgan fingerprint density at radius 3 is 3.00 bits per heavy atom. The van der Waals surface area contributed by atoms with Crippen LogP contribution >= 0.6 is 0 Å². The number of aliphatic hydroxyl groups is 1. The number of imidazole rings is 1. The van der Waals surface area contributed by atoms with Crippen molar-refractivity contribution in [3.8, 4) is 11.3 Å². The van der Waals surface area contributed by atoms with E-state index in [1.54, 1.807) is 24.8 Å². The molecule has 1 saturated carbocycles. The van der Waals surface area contributed by atoms with E-state index in [1.165, 1.54) is 0 Å². The van der Waals surface area contributed by atoms with Gasteiger partial charge in [-0.2, -0.15) is 5.10 Å². The number of pyridine rings is 2. The van der Waals surface area contributed by atoms with Crippen molar-refractivity contribution in [3.63, 3.8) is 0 Å². The zero-order chi connectivity index (χ0) is 24.7. The van der Waals surface area contributed by atoms with E-state index < -0.39 is 5.60 Å². The molecule has 1 amide bonds. The highest BCUT2D eigenvalue weighted by atomic mass is 16.3. The lowest BCUT2D eigenvalue weighted by Gasteiger charge is -2.37. The second-order valence-electron chi connectivity index (χ2n) is 9.73. The van der Waals surface area contributed by atoms with E-state index >= 15 is 0 Å². The zero-order valence-electron chi connectivity index (χ0n) is 20.0. The average molecular weight is 482 g/mol. The summed E-state index contributed by atoms with van der Waals surface area (Å²) in [7, 11) is 0. The van der Waals surface area contributed by atoms with Gasteiger partial charge in [0.2, 0.25) is 0 Å². The molecule has 9 nitrogen and oxygen atoms in total. The van der Waals surface area contributed by atoms with Crippen LogP contribution in [-0.4, -0.2) is 52.4 Å². The number of benzene rings is 1. The van der Waals surface area contributed by atoms with Crippen molar-refractivity contribution in [1.29, 1.82) is 0 Å². The van der Waals surface area contributed by atoms with Gasteiger partial charge >= 0.3 is 0 Å². The molecule has 0 radical (unpaired) electrons. The topological polar surface area (TPSA) is 122 Å². The van der Waals surface area contributed by atoms with Gasteiger partial charge in [-0.05, 0) is 75.1 Å². The van der Waals surface area contributed by atoms with Gasteiger partial charge < -0.3 is 15.0 Å². The molecule has 0 bridgehead atoms. The lowest BCUT2D eigenvalue weighted by molar-refractivity contribution is -0.0203. The summed E-state index contributed by atoms with van der Waals surface area (Å²) >= 11 is 0. The van der Waals surface area contributed by atoms with Gasteiger partial charge in [-0.1, -0.05) is 0 Å². The van der Waals surface area contributed by atoms with Gasteiger partial charge in [0.25, 0.3) is 5.91 Å². The summed E-state index contributed by atoms with van der Waals surface area (Å²) in [5, 5.41) is 23.0. The number of nitrogens with zero attached hydrogens (tertiary/aromatic N) is 5. The van der Waals surface area contributed by atoms with Crippen LogP contribution in [0.3, 0.4) is 0 Å². The van der Waals surface area contributed by atoms with Crippen molar-refractivity contribution >= 4 is 28.0 Å². The van der Waals surface area contributed by atoms with E-state index in [-0.39, 0.29) is 11.9 Å². The van der Waals surface area contributed by atoms with Crippen LogP contribution in [0.2, 0.25) is 0 Å². The molecule has 1 aliphatic carbocycles. The highest BCUT2D eigenvalue weighted by Gasteiger charge is 2.36. The number of hydrogen-bond acceptors (Lipinski definition) is 6. The molecule has 9 heteroatoms. The summed E-state index contributed by atoms with van der Waals surface area (Å²) in [5.74, 6) is -0.151. The van der Waals surface area contributed by atoms with Gasteiger partial charge in [0.1, 0.15) is 5.69 Å². The quantitative estimate of drug-likeness (QED) is 0.351. The number of aryl methyl sites for hydroxylation is 1. The number of hydrogen-bond donors (Lipinski definition) is 3. The number of fused-ring (bicyclic) bond motifs is 2. The summed E-state index contributed by atoms with van der Waals surface area (Å²) in [5.41, 5.74) is 4.71. The maximum Gasteiger partial charge on any atom is 0.251 e. The van der Waals surface area contributed by atoms with Gasteiger partial charge in [-0.25, -0.2) is 9.97 Å². The molecule has 36 heavy (non-hydrogen) atoms. The number of H-pyrrole nitrogens is 1. The number of aromatic nitrogens is 6. The first-order valence-corrected chi connectivity index (χ1v) is 12.2. The lowest BCUT2D eigenvalue weighted by Crippen LogP contribution is -2.47. The van der Waals surface area contributed by atoms with E-state index in [2.05, 4.69) is 30.5 Å². The SMILES string of the molecule is Cc1cc(-c2n[nH]c3ccc(C(=O)N[C@H]4CCC[C@@](O)(Cn5cnc6ncccc65)C4)cc23)ccn1. The fraction of sp³-hybridized carbons (Fsp3) is 0.296. The molecule has 3 N–H and O–H groups in total. The molecule has 0 aliphatic heterocycles. The Balaban J connectivity index is 1.20. The van der Waals surface area contributed by atoms with Crippen molar-refractivity contribution in [2.45, 2.75) is 50.8 Å². The van der Waals surface area contributed by atoms with Crippen LogP contribution in [0.25, 0.3) is 33.3 Å². The Labute approximate surface area is 207 Å². The van der Waals surface area contributed by atoms with Gasteiger partial charge in [0.05, 0.1) is 29.5 Å². The van der Waals surface area contributed by atoms with Crippen LogP contribution in [0, 0.1) is 6.92 Å². The summed E-state index contributed by atoms with van der Waals surface area (Å²) in [6.07, 6.45) is 8.01. The normalized spacial score (nSPS) is 20.1. The number of carbonyl (C=O) groups is 1. The number of nitrogens with one attached hydrogen (secondary N) is 2. The number of carbonyl (C=O) groups excluding carboxylic acids is 1. The number of rotatable bonds is 5. The third-order valence-electron chi connectivity index (χ3n) is 7.01. The second-order valence-corrected chi connectivity index (χ2v) is 9.73. The first-order valence-electron chi connectivity index (χ1n) is 12.2. The summed E-state index contributed by atoms with van der Waals surface area (Å²) < 4.78 is 1.95. The molecular weight excluding hydrogens is 454 g/mol. The van der Waals surface area contributed by atoms with E-state index in [4.69, 9.17) is 0 Å². The van der Waals surface area contributed by atoms with Gasteiger partial charge in [-0.15, -0.1) is 0 Å². The maximum absolute atomic E-state index is 13.2. The molecule has 1 aromatic carbocycles. The van der Waals surface area contributed by atoms with Gasteiger partial charge in [-0.3, -0.25) is 14.9 Å². The van der Waals surface area contributed by atoms with E-state index in [9.17, 15) is 9.90 Å². The van der Waals surface area contributed by atoms with Crippen LogP contribution in [0.5, 0.6) is 0 Å². The van der Waals surface area contributed by atoms with Crippen LogP contribution in [0.15, 0.2) is 61.2 Å². The van der Waals surface area contributed by atoms with Crippen molar-refractivity contribution in [1.82, 2.24) is 35.0 Å². The molecule has 6 rings (SSSR count). The first-order chi connectivity index (χ1) is 17.5. The molecule has 182 valence electrons. The predicted molar refractivity (Wildman–Crippen MR) is 136 cm³/mol. The molecule has 1 aliphatic rings. The first kappa shape index (κ1) is 22.4. The van der Waals surface area contributed by atoms with Gasteiger partial charge in [0.15, 0.2) is 5.65 Å². The molecule has 0 unspecified atom stereocenters. The largest absolute Gasteiger partial charge is 0.388 e. The van der Waals surface area contributed by atoms with E-state index in [1.807, 2.05) is 47.9 Å². The summed E-state index contributed by atoms with van der Waals surface area (Å²) in [6.45, 7) is 2.35. The molecule has 0 saturated heterocycles. The summed E-state index contributed by atoms with van der Waals surface area (Å²) in [4.78, 5) is 26.1. The van der Waals surface area contributed by atoms with E-state index in [0.29, 0.717) is 30.6 Å². The van der Waals surface area contributed by atoms with Crippen LogP contribution in [-0.2, 0) is 6.54 Å². The Hall–Kier alpha value is -4.11. The minimum absolute atomic E-state index is 0.119. The van der Waals surface area contributed by atoms with Crippen LogP contribution in [0.1, 0.15) is 41.7 Å². The highest BCUT2D eigenvalue weighted by Crippen LogP contribution is 2.32. The molecule has 2 atom stereocenters. The van der Waals surface area contributed by atoms with Crippen molar-refractivity contribution in [2.24, 2.45) is 0 Å².